The van der Waals surface area contributed by atoms with E-state index in [-0.39, 0.29) is 34.0 Å². The number of likely N-dealkylation sites (tertiary alicyclic amines) is 1. The fourth-order valence-corrected chi connectivity index (χ4v) is 4.48. The summed E-state index contributed by atoms with van der Waals surface area (Å²) in [4.78, 5) is 23.3. The van der Waals surface area contributed by atoms with Crippen LogP contribution in [0.3, 0.4) is 0 Å². The van der Waals surface area contributed by atoms with Crippen LogP contribution in [0.15, 0.2) is 23.1 Å². The van der Waals surface area contributed by atoms with E-state index in [0.717, 1.165) is 25.5 Å². The van der Waals surface area contributed by atoms with Crippen LogP contribution in [0.4, 0.5) is 13.2 Å². The predicted molar refractivity (Wildman–Crippen MR) is 114 cm³/mol. The number of carbonyl (C=O) groups excluding carboxylic acids is 1. The van der Waals surface area contributed by atoms with Crippen molar-refractivity contribution in [3.05, 3.63) is 23.2 Å². The number of carboxylic acid groups (broad SMARTS) is 1. The van der Waals surface area contributed by atoms with Gasteiger partial charge in [0.05, 0.1) is 22.0 Å². The Kier molecular flexibility index (Phi) is 9.15. The molecule has 3 atom stereocenters. The average Bonchev–Trinajstić information content (AvgIpc) is 3.41. The van der Waals surface area contributed by atoms with Crippen LogP contribution in [-0.4, -0.2) is 74.0 Å². The van der Waals surface area contributed by atoms with Gasteiger partial charge in [-0.15, -0.1) is 0 Å². The number of aliphatic carboxylic acids is 1. The Balaban J connectivity index is 0.000000509. The van der Waals surface area contributed by atoms with Gasteiger partial charge in [-0.3, -0.25) is 10.1 Å². The Morgan fingerprint density at radius 3 is 2.50 bits per heavy atom. The van der Waals surface area contributed by atoms with Gasteiger partial charge in [-0.05, 0) is 43.9 Å². The van der Waals surface area contributed by atoms with E-state index in [2.05, 4.69) is 11.4 Å². The Labute approximate surface area is 199 Å². The van der Waals surface area contributed by atoms with E-state index >= 15 is 0 Å². The molecule has 34 heavy (non-hydrogen) atoms. The van der Waals surface area contributed by atoms with Gasteiger partial charge in [0.25, 0.3) is 0 Å². The Morgan fingerprint density at radius 1 is 1.32 bits per heavy atom. The molecule has 0 radical (unpaired) electrons. The molecule has 2 aliphatic heterocycles. The number of nitrogens with zero attached hydrogens (tertiary/aromatic N) is 2. The molecule has 0 aliphatic carbocycles. The summed E-state index contributed by atoms with van der Waals surface area (Å²) in [7, 11) is -3.32. The highest BCUT2D eigenvalue weighted by Gasteiger charge is 2.38. The first-order valence-electron chi connectivity index (χ1n) is 10.1. The van der Waals surface area contributed by atoms with E-state index in [9.17, 15) is 26.4 Å². The Morgan fingerprint density at radius 2 is 1.97 bits per heavy atom. The third-order valence-corrected chi connectivity index (χ3v) is 6.64. The quantitative estimate of drug-likeness (QED) is 0.598. The summed E-state index contributed by atoms with van der Waals surface area (Å²) >= 11 is 6.12. The number of carboxylic acids is 1. The molecule has 14 heteroatoms. The molecule has 2 saturated heterocycles. The van der Waals surface area contributed by atoms with Gasteiger partial charge in [0.1, 0.15) is 18.4 Å². The zero-order chi connectivity index (χ0) is 25.7. The summed E-state index contributed by atoms with van der Waals surface area (Å²) in [6.45, 7) is 0.960. The lowest BCUT2D eigenvalue weighted by Crippen LogP contribution is -2.47. The molecule has 0 spiro atoms. The summed E-state index contributed by atoms with van der Waals surface area (Å²) in [5.74, 6) is -2.37. The van der Waals surface area contributed by atoms with E-state index in [4.69, 9.17) is 31.5 Å². The van der Waals surface area contributed by atoms with E-state index in [1.807, 2.05) is 0 Å². The van der Waals surface area contributed by atoms with Crippen molar-refractivity contribution in [2.24, 2.45) is 0 Å². The minimum atomic E-state index is -5.08. The molecule has 2 N–H and O–H groups in total. The summed E-state index contributed by atoms with van der Waals surface area (Å²) in [6, 6.07) is 5.94. The van der Waals surface area contributed by atoms with Crippen LogP contribution in [-0.2, 0) is 19.4 Å². The molecular weight excluding hydrogens is 503 g/mol. The van der Waals surface area contributed by atoms with Gasteiger partial charge in [0, 0.05) is 18.8 Å². The lowest BCUT2D eigenvalue weighted by atomic mass is 10.1. The maximum Gasteiger partial charge on any atom is 0.490 e. The first kappa shape index (κ1) is 27.7. The van der Waals surface area contributed by atoms with E-state index < -0.39 is 22.0 Å². The third kappa shape index (κ3) is 7.48. The molecule has 0 aromatic heterocycles. The van der Waals surface area contributed by atoms with Gasteiger partial charge in [-0.25, -0.2) is 13.2 Å². The fraction of sp³-hybridized carbons (Fsp3) is 0.550. The van der Waals surface area contributed by atoms with Gasteiger partial charge >= 0.3 is 12.1 Å². The summed E-state index contributed by atoms with van der Waals surface area (Å²) in [5, 5.41) is 19.8. The maximum atomic E-state index is 12.6. The van der Waals surface area contributed by atoms with Crippen LogP contribution in [0.5, 0.6) is 5.75 Å². The molecule has 0 saturated carbocycles. The molecule has 1 aromatic rings. The molecule has 2 heterocycles. The summed E-state index contributed by atoms with van der Waals surface area (Å²) in [5.41, 5.74) is 0. The van der Waals surface area contributed by atoms with Gasteiger partial charge in [0.2, 0.25) is 5.91 Å². The van der Waals surface area contributed by atoms with Crippen LogP contribution in [0.1, 0.15) is 25.7 Å². The second-order valence-electron chi connectivity index (χ2n) is 7.79. The van der Waals surface area contributed by atoms with Crippen LogP contribution >= 0.6 is 11.6 Å². The number of benzene rings is 1. The van der Waals surface area contributed by atoms with Crippen LogP contribution in [0.2, 0.25) is 5.02 Å². The number of nitrogens with one attached hydrogen (secondary N) is 1. The van der Waals surface area contributed by atoms with E-state index in [1.54, 1.807) is 4.90 Å². The smallest absolute Gasteiger partial charge is 0.490 e. The van der Waals surface area contributed by atoms with Crippen molar-refractivity contribution >= 4 is 33.3 Å². The first-order chi connectivity index (χ1) is 15.7. The minimum absolute atomic E-state index is 0.00672. The lowest BCUT2D eigenvalue weighted by Gasteiger charge is -2.24. The van der Waals surface area contributed by atoms with Crippen LogP contribution in [0, 0.1) is 11.3 Å². The number of carbonyl (C=O) groups is 2. The Hall–Kier alpha value is -2.56. The van der Waals surface area contributed by atoms with E-state index in [0.29, 0.717) is 25.3 Å². The standard InChI is InChI=1S/C18H22ClN3O4S.C2HF3O2/c1-27(24,25)14-5-7-17(15(19)9-14)26-11-12-4-6-16(21-12)18(23)22-8-2-3-13(22)10-20;3-2(4,5)1(6)7/h5,7,9,12-13,16,21H,2-4,6,8,11H2,1H3;(H,6,7)/t12-,13+,16+;/m1./s1. The normalized spacial score (nSPS) is 22.5. The number of sulfone groups is 1. The van der Waals surface area contributed by atoms with Crippen molar-refractivity contribution in [2.75, 3.05) is 19.4 Å². The van der Waals surface area contributed by atoms with Crippen molar-refractivity contribution in [3.8, 4) is 11.8 Å². The zero-order valence-corrected chi connectivity index (χ0v) is 19.6. The maximum absolute atomic E-state index is 12.6. The predicted octanol–water partition coefficient (Wildman–Crippen LogP) is 2.39. The number of ether oxygens (including phenoxy) is 1. The van der Waals surface area contributed by atoms with Crippen LogP contribution in [0.25, 0.3) is 0 Å². The Bertz CT molecular complexity index is 1060. The summed E-state index contributed by atoms with van der Waals surface area (Å²) in [6.07, 6.45) is -0.881. The molecule has 1 aromatic carbocycles. The number of alkyl halides is 3. The molecule has 1 amide bonds. The molecule has 0 bridgehead atoms. The summed E-state index contributed by atoms with van der Waals surface area (Å²) < 4.78 is 60.6. The number of halogens is 4. The number of nitriles is 1. The number of rotatable bonds is 5. The number of hydrogen-bond donors (Lipinski definition) is 2. The van der Waals surface area contributed by atoms with Crippen molar-refractivity contribution in [1.82, 2.24) is 10.2 Å². The SMILES string of the molecule is CS(=O)(=O)c1ccc(OC[C@H]2CC[C@@H](C(=O)N3CCC[C@H]3C#N)N2)c(Cl)c1.O=C(O)C(F)(F)F. The molecule has 2 fully saturated rings. The highest BCUT2D eigenvalue weighted by Crippen LogP contribution is 2.28. The van der Waals surface area contributed by atoms with Crippen LogP contribution < -0.4 is 10.1 Å². The molecular formula is C20H23ClF3N3O6S. The average molecular weight is 526 g/mol. The molecule has 2 aliphatic rings. The van der Waals surface area contributed by atoms with Gasteiger partial charge in [-0.1, -0.05) is 11.6 Å². The van der Waals surface area contributed by atoms with Crippen molar-refractivity contribution in [3.63, 3.8) is 0 Å². The lowest BCUT2D eigenvalue weighted by molar-refractivity contribution is -0.192. The molecule has 0 unspecified atom stereocenters. The fourth-order valence-electron chi connectivity index (χ4n) is 3.53. The number of hydrogen-bond acceptors (Lipinski definition) is 7. The second-order valence-corrected chi connectivity index (χ2v) is 10.2. The van der Waals surface area contributed by atoms with Gasteiger partial charge in [-0.2, -0.15) is 18.4 Å². The van der Waals surface area contributed by atoms with Gasteiger partial charge in [0.15, 0.2) is 9.84 Å². The van der Waals surface area contributed by atoms with Crippen molar-refractivity contribution in [1.29, 1.82) is 5.26 Å². The van der Waals surface area contributed by atoms with Gasteiger partial charge < -0.3 is 14.7 Å². The third-order valence-electron chi connectivity index (χ3n) is 5.24. The molecule has 3 rings (SSSR count). The van der Waals surface area contributed by atoms with Crippen molar-refractivity contribution < 1.29 is 41.0 Å². The van der Waals surface area contributed by atoms with E-state index in [1.165, 1.54) is 18.2 Å². The molecule has 9 nitrogen and oxygen atoms in total. The van der Waals surface area contributed by atoms with Crippen molar-refractivity contribution in [2.45, 2.75) is 54.9 Å². The highest BCUT2D eigenvalue weighted by atomic mass is 35.5. The number of amides is 1. The minimum Gasteiger partial charge on any atom is -0.490 e. The topological polar surface area (TPSA) is 137 Å². The first-order valence-corrected chi connectivity index (χ1v) is 12.4. The largest absolute Gasteiger partial charge is 0.490 e. The zero-order valence-electron chi connectivity index (χ0n) is 18.0. The second kappa shape index (κ2) is 11.2. The monoisotopic (exact) mass is 525 g/mol. The highest BCUT2D eigenvalue weighted by molar-refractivity contribution is 7.90. The molecule has 188 valence electrons.